The number of pyridine rings is 1. The Morgan fingerprint density at radius 2 is 1.90 bits per heavy atom. The number of carbonyl (C=O) groups excluding carboxylic acids is 1. The Kier molecular flexibility index (Phi) is 8.11. The number of rotatable bonds is 11. The summed E-state index contributed by atoms with van der Waals surface area (Å²) in [7, 11) is 3.07. The molecule has 2 fully saturated rings. The Hall–Kier alpha value is -3.14. The Balaban J connectivity index is 1.56. The van der Waals surface area contributed by atoms with Crippen LogP contribution in [0, 0.1) is 11.8 Å². The maximum Gasteiger partial charge on any atom is 0.223 e. The van der Waals surface area contributed by atoms with Gasteiger partial charge in [0.1, 0.15) is 17.0 Å². The minimum absolute atomic E-state index is 0.00936. The van der Waals surface area contributed by atoms with E-state index in [1.165, 1.54) is 33.1 Å². The molecular formula is C28H31Cl2N5O4. The maximum atomic E-state index is 11.9. The Morgan fingerprint density at radius 1 is 1.18 bits per heavy atom. The fourth-order valence-electron chi connectivity index (χ4n) is 4.84. The smallest absolute Gasteiger partial charge is 0.223 e. The molecule has 3 aromatic rings. The van der Waals surface area contributed by atoms with Crippen LogP contribution in [0.1, 0.15) is 26.2 Å². The molecule has 1 aliphatic carbocycles. The molecule has 0 bridgehead atoms. The van der Waals surface area contributed by atoms with E-state index in [0.717, 1.165) is 5.39 Å². The van der Waals surface area contributed by atoms with Crippen molar-refractivity contribution in [1.29, 1.82) is 0 Å². The summed E-state index contributed by atoms with van der Waals surface area (Å²) in [5, 5.41) is 8.33. The SMILES string of the molecule is C=CC(=O)C[C@H]1COC[C@H]1Nc1ncc2cc(-c3c(Cl)c(OC)cc(OC)c3Cl)nc(N[C@@H](C)C3CC3)c2n1. The predicted octanol–water partition coefficient (Wildman–Crippen LogP) is 5.80. The van der Waals surface area contributed by atoms with Crippen molar-refractivity contribution >= 4 is 51.7 Å². The van der Waals surface area contributed by atoms with Crippen LogP contribution in [-0.4, -0.2) is 60.3 Å². The molecule has 0 spiro atoms. The first kappa shape index (κ1) is 27.4. The molecule has 1 saturated carbocycles. The zero-order chi connectivity index (χ0) is 27.7. The molecule has 39 heavy (non-hydrogen) atoms. The molecule has 2 aromatic heterocycles. The summed E-state index contributed by atoms with van der Waals surface area (Å²) in [6.07, 6.45) is 5.79. The van der Waals surface area contributed by atoms with Gasteiger partial charge in [-0.15, -0.1) is 0 Å². The van der Waals surface area contributed by atoms with Crippen molar-refractivity contribution in [2.24, 2.45) is 11.8 Å². The number of carbonyl (C=O) groups is 1. The van der Waals surface area contributed by atoms with Gasteiger partial charge in [0, 0.05) is 41.6 Å². The molecular weight excluding hydrogens is 541 g/mol. The van der Waals surface area contributed by atoms with Gasteiger partial charge in [0.15, 0.2) is 11.6 Å². The van der Waals surface area contributed by atoms with Crippen molar-refractivity contribution in [3.63, 3.8) is 0 Å². The second-order valence-electron chi connectivity index (χ2n) is 9.96. The monoisotopic (exact) mass is 571 g/mol. The molecule has 1 saturated heterocycles. The molecule has 9 nitrogen and oxygen atoms in total. The van der Waals surface area contributed by atoms with Crippen LogP contribution in [0.2, 0.25) is 10.0 Å². The predicted molar refractivity (Wildman–Crippen MR) is 153 cm³/mol. The van der Waals surface area contributed by atoms with Crippen molar-refractivity contribution in [2.45, 2.75) is 38.3 Å². The van der Waals surface area contributed by atoms with Gasteiger partial charge in [-0.3, -0.25) is 4.79 Å². The molecule has 2 N–H and O–H groups in total. The Morgan fingerprint density at radius 3 is 2.54 bits per heavy atom. The highest BCUT2D eigenvalue weighted by molar-refractivity contribution is 6.41. The van der Waals surface area contributed by atoms with Crippen molar-refractivity contribution in [2.75, 3.05) is 38.1 Å². The van der Waals surface area contributed by atoms with E-state index in [-0.39, 0.29) is 23.8 Å². The summed E-state index contributed by atoms with van der Waals surface area (Å²) in [4.78, 5) is 26.3. The zero-order valence-electron chi connectivity index (χ0n) is 22.1. The number of halogens is 2. The molecule has 2 aliphatic rings. The van der Waals surface area contributed by atoms with Crippen molar-refractivity contribution in [3.8, 4) is 22.8 Å². The quantitative estimate of drug-likeness (QED) is 0.276. The first-order chi connectivity index (χ1) is 18.8. The number of anilines is 2. The van der Waals surface area contributed by atoms with Gasteiger partial charge in [-0.1, -0.05) is 29.8 Å². The van der Waals surface area contributed by atoms with E-state index in [1.807, 2.05) is 6.07 Å². The highest BCUT2D eigenvalue weighted by atomic mass is 35.5. The number of hydrogen-bond acceptors (Lipinski definition) is 9. The molecule has 206 valence electrons. The maximum absolute atomic E-state index is 11.9. The number of fused-ring (bicyclic) bond motifs is 1. The summed E-state index contributed by atoms with van der Waals surface area (Å²) in [6, 6.07) is 3.60. The number of nitrogens with one attached hydrogen (secondary N) is 2. The first-order valence-electron chi connectivity index (χ1n) is 12.9. The number of hydrogen-bond donors (Lipinski definition) is 2. The Bertz CT molecular complexity index is 1390. The molecule has 0 radical (unpaired) electrons. The van der Waals surface area contributed by atoms with Crippen molar-refractivity contribution in [3.05, 3.63) is 41.0 Å². The zero-order valence-corrected chi connectivity index (χ0v) is 23.6. The van der Waals surface area contributed by atoms with Crippen LogP contribution in [0.15, 0.2) is 31.0 Å². The molecule has 0 unspecified atom stereocenters. The summed E-state index contributed by atoms with van der Waals surface area (Å²) < 4.78 is 16.6. The molecule has 11 heteroatoms. The number of aromatic nitrogens is 3. The van der Waals surface area contributed by atoms with E-state index in [2.05, 4.69) is 29.1 Å². The number of ether oxygens (including phenoxy) is 3. The summed E-state index contributed by atoms with van der Waals surface area (Å²) in [5.74, 6) is 2.46. The standard InChI is InChI=1S/C28H31Cl2N5O4/c1-5-18(36)8-17-12-39-13-20(17)34-28-31-11-16-9-19(23-24(29)21(37-3)10-22(38-4)25(23)30)33-27(26(16)35-28)32-14(2)15-6-7-15/h5,9-11,14-15,17,20H,1,6-8,12-13H2,2-4H3,(H,32,33)(H,31,34,35)/t14-,17-,20+/m0/s1. The van der Waals surface area contributed by atoms with E-state index >= 15 is 0 Å². The third kappa shape index (κ3) is 5.76. The van der Waals surface area contributed by atoms with Gasteiger partial charge < -0.3 is 24.8 Å². The number of benzene rings is 1. The van der Waals surface area contributed by atoms with E-state index < -0.39 is 0 Å². The number of allylic oxidation sites excluding steroid dienone is 1. The minimum atomic E-state index is -0.0951. The minimum Gasteiger partial charge on any atom is -0.495 e. The van der Waals surface area contributed by atoms with Crippen LogP contribution >= 0.6 is 23.2 Å². The van der Waals surface area contributed by atoms with E-state index in [9.17, 15) is 4.79 Å². The van der Waals surface area contributed by atoms with Crippen LogP contribution in [-0.2, 0) is 9.53 Å². The molecule has 5 rings (SSSR count). The van der Waals surface area contributed by atoms with Gasteiger partial charge >= 0.3 is 0 Å². The fourth-order valence-corrected chi connectivity index (χ4v) is 5.54. The van der Waals surface area contributed by atoms with Gasteiger partial charge in [-0.05, 0) is 37.8 Å². The normalized spacial score (nSPS) is 19.5. The lowest BCUT2D eigenvalue weighted by Crippen LogP contribution is -2.30. The van der Waals surface area contributed by atoms with Crippen molar-refractivity contribution in [1.82, 2.24) is 15.0 Å². The number of nitrogens with zero attached hydrogens (tertiary/aromatic N) is 3. The highest BCUT2D eigenvalue weighted by Gasteiger charge is 2.31. The highest BCUT2D eigenvalue weighted by Crippen LogP contribution is 2.46. The summed E-state index contributed by atoms with van der Waals surface area (Å²) >= 11 is 13.4. The second kappa shape index (κ2) is 11.5. The topological polar surface area (TPSA) is 107 Å². The summed E-state index contributed by atoms with van der Waals surface area (Å²) in [6.45, 7) is 6.68. The lowest BCUT2D eigenvalue weighted by molar-refractivity contribution is -0.115. The summed E-state index contributed by atoms with van der Waals surface area (Å²) in [5.41, 5.74) is 1.69. The van der Waals surface area contributed by atoms with E-state index in [4.69, 9.17) is 47.4 Å². The first-order valence-corrected chi connectivity index (χ1v) is 13.6. The van der Waals surface area contributed by atoms with Gasteiger partial charge in [0.2, 0.25) is 5.95 Å². The molecule has 3 heterocycles. The third-order valence-corrected chi connectivity index (χ3v) is 8.04. The third-order valence-electron chi connectivity index (χ3n) is 7.29. The average Bonchev–Trinajstić information content (AvgIpc) is 3.70. The van der Waals surface area contributed by atoms with Gasteiger partial charge in [-0.2, -0.15) is 0 Å². The molecule has 1 aliphatic heterocycles. The van der Waals surface area contributed by atoms with Gasteiger partial charge in [-0.25, -0.2) is 15.0 Å². The molecule has 3 atom stereocenters. The lowest BCUT2D eigenvalue weighted by atomic mass is 9.97. The second-order valence-corrected chi connectivity index (χ2v) is 10.7. The van der Waals surface area contributed by atoms with Crippen LogP contribution < -0.4 is 20.1 Å². The molecule has 1 aromatic carbocycles. The van der Waals surface area contributed by atoms with Gasteiger partial charge in [0.05, 0.1) is 49.2 Å². The number of methoxy groups -OCH3 is 2. The van der Waals surface area contributed by atoms with E-state index in [0.29, 0.717) is 75.6 Å². The largest absolute Gasteiger partial charge is 0.495 e. The Labute approximate surface area is 237 Å². The van der Waals surface area contributed by atoms with Crippen LogP contribution in [0.5, 0.6) is 11.5 Å². The van der Waals surface area contributed by atoms with Crippen LogP contribution in [0.3, 0.4) is 0 Å². The fraction of sp³-hybridized carbons (Fsp3) is 0.429. The lowest BCUT2D eigenvalue weighted by Gasteiger charge is -2.20. The van der Waals surface area contributed by atoms with Crippen LogP contribution in [0.4, 0.5) is 11.8 Å². The van der Waals surface area contributed by atoms with Crippen molar-refractivity contribution < 1.29 is 19.0 Å². The van der Waals surface area contributed by atoms with Gasteiger partial charge in [0.25, 0.3) is 0 Å². The van der Waals surface area contributed by atoms with Crippen LogP contribution in [0.25, 0.3) is 22.2 Å². The molecule has 0 amide bonds. The van der Waals surface area contributed by atoms with E-state index in [1.54, 1.807) is 12.3 Å². The number of ketones is 1. The average molecular weight is 572 g/mol.